The molecule has 130 valence electrons. The number of aromatic carboxylic acids is 1. The monoisotopic (exact) mass is 332 g/mol. The van der Waals surface area contributed by atoms with E-state index in [0.717, 1.165) is 38.0 Å². The molecule has 6 nitrogen and oxygen atoms in total. The molecule has 2 aliphatic heterocycles. The molecule has 3 rings (SSSR count). The van der Waals surface area contributed by atoms with Crippen LogP contribution in [0.15, 0.2) is 24.3 Å². The fourth-order valence-electron chi connectivity index (χ4n) is 3.49. The molecule has 0 saturated carbocycles. The summed E-state index contributed by atoms with van der Waals surface area (Å²) in [5, 5.41) is 9.09. The predicted molar refractivity (Wildman–Crippen MR) is 88.8 cm³/mol. The summed E-state index contributed by atoms with van der Waals surface area (Å²) in [6.07, 6.45) is 2.14. The van der Waals surface area contributed by atoms with E-state index in [9.17, 15) is 9.59 Å². The maximum absolute atomic E-state index is 12.1. The third kappa shape index (κ3) is 3.76. The molecule has 0 aliphatic carbocycles. The van der Waals surface area contributed by atoms with Crippen LogP contribution in [0, 0.1) is 0 Å². The minimum atomic E-state index is -0.899. The van der Waals surface area contributed by atoms with E-state index >= 15 is 0 Å². The maximum Gasteiger partial charge on any atom is 0.335 e. The van der Waals surface area contributed by atoms with Gasteiger partial charge in [-0.3, -0.25) is 9.69 Å². The van der Waals surface area contributed by atoms with Crippen LogP contribution in [0.2, 0.25) is 0 Å². The lowest BCUT2D eigenvalue weighted by molar-refractivity contribution is -0.134. The quantitative estimate of drug-likeness (QED) is 0.910. The van der Waals surface area contributed by atoms with Crippen molar-refractivity contribution >= 4 is 11.9 Å². The summed E-state index contributed by atoms with van der Waals surface area (Å²) < 4.78 is 6.05. The molecule has 6 heteroatoms. The van der Waals surface area contributed by atoms with E-state index in [1.54, 1.807) is 23.1 Å². The van der Waals surface area contributed by atoms with Crippen molar-refractivity contribution in [1.82, 2.24) is 9.80 Å². The highest BCUT2D eigenvalue weighted by Crippen LogP contribution is 2.32. The van der Waals surface area contributed by atoms with Crippen LogP contribution in [0.5, 0.6) is 0 Å². The number of amides is 1. The maximum atomic E-state index is 12.1. The highest BCUT2D eigenvalue weighted by molar-refractivity contribution is 5.87. The Kier molecular flexibility index (Phi) is 4.87. The van der Waals surface area contributed by atoms with Crippen LogP contribution in [0.3, 0.4) is 0 Å². The summed E-state index contributed by atoms with van der Waals surface area (Å²) in [7, 11) is 1.83. The van der Waals surface area contributed by atoms with Gasteiger partial charge >= 0.3 is 5.97 Å². The normalized spacial score (nSPS) is 21.7. The number of benzene rings is 1. The van der Waals surface area contributed by atoms with Crippen molar-refractivity contribution in [2.24, 2.45) is 0 Å². The fourth-order valence-corrected chi connectivity index (χ4v) is 3.49. The summed E-state index contributed by atoms with van der Waals surface area (Å²) in [4.78, 5) is 27.3. The first kappa shape index (κ1) is 16.9. The molecule has 0 radical (unpaired) electrons. The van der Waals surface area contributed by atoms with E-state index in [-0.39, 0.29) is 11.5 Å². The molecule has 1 aromatic carbocycles. The van der Waals surface area contributed by atoms with E-state index in [0.29, 0.717) is 25.1 Å². The predicted octanol–water partition coefficient (Wildman–Crippen LogP) is 1.60. The third-order valence-electron chi connectivity index (χ3n) is 5.08. The number of carbonyl (C=O) groups is 2. The van der Waals surface area contributed by atoms with E-state index in [1.807, 2.05) is 13.1 Å². The number of carboxylic acid groups (broad SMARTS) is 1. The average molecular weight is 332 g/mol. The topological polar surface area (TPSA) is 70.1 Å². The van der Waals surface area contributed by atoms with Gasteiger partial charge in [-0.25, -0.2) is 4.79 Å². The van der Waals surface area contributed by atoms with Crippen LogP contribution in [0.1, 0.15) is 35.2 Å². The largest absolute Gasteiger partial charge is 0.478 e. The Labute approximate surface area is 142 Å². The molecule has 1 aromatic rings. The number of ether oxygens (including phenoxy) is 1. The Balaban J connectivity index is 1.60. The van der Waals surface area contributed by atoms with Crippen molar-refractivity contribution in [3.05, 3.63) is 35.4 Å². The highest BCUT2D eigenvalue weighted by atomic mass is 16.5. The number of likely N-dealkylation sites (tertiary alicyclic amines) is 1. The van der Waals surface area contributed by atoms with Gasteiger partial charge in [0, 0.05) is 33.2 Å². The summed E-state index contributed by atoms with van der Waals surface area (Å²) in [5.41, 5.74) is 1.01. The second kappa shape index (κ2) is 6.91. The average Bonchev–Trinajstić information content (AvgIpc) is 2.70. The Morgan fingerprint density at radius 3 is 2.75 bits per heavy atom. The Morgan fingerprint density at radius 2 is 2.04 bits per heavy atom. The molecule has 24 heavy (non-hydrogen) atoms. The molecule has 0 atom stereocenters. The molecular formula is C18H24N2O4. The van der Waals surface area contributed by atoms with E-state index < -0.39 is 5.97 Å². The van der Waals surface area contributed by atoms with Gasteiger partial charge in [0.1, 0.15) is 0 Å². The molecule has 2 heterocycles. The highest BCUT2D eigenvalue weighted by Gasteiger charge is 2.39. The molecule has 2 fully saturated rings. The molecular weight excluding hydrogens is 308 g/mol. The molecule has 0 unspecified atom stereocenters. The minimum absolute atomic E-state index is 0.162. The van der Waals surface area contributed by atoms with Crippen LogP contribution < -0.4 is 0 Å². The molecule has 0 bridgehead atoms. The molecule has 0 aromatic heterocycles. The standard InChI is InChI=1S/C18H24N2O4/c1-19-9-10-24-18(12-16(19)21)5-7-20(8-6-18)13-14-3-2-4-15(11-14)17(22)23/h2-4,11H,5-10,12-13H2,1H3,(H,22,23). The van der Waals surface area contributed by atoms with Gasteiger partial charge in [-0.2, -0.15) is 0 Å². The molecule has 2 saturated heterocycles. The number of carbonyl (C=O) groups excluding carboxylic acids is 1. The number of piperidine rings is 1. The number of carboxylic acids is 1. The van der Waals surface area contributed by atoms with Gasteiger partial charge in [0.2, 0.25) is 5.91 Å². The van der Waals surface area contributed by atoms with Crippen molar-refractivity contribution in [2.75, 3.05) is 33.3 Å². The van der Waals surface area contributed by atoms with Gasteiger partial charge in [-0.05, 0) is 30.5 Å². The Morgan fingerprint density at radius 1 is 1.29 bits per heavy atom. The smallest absolute Gasteiger partial charge is 0.335 e. The lowest BCUT2D eigenvalue weighted by atomic mass is 9.87. The van der Waals surface area contributed by atoms with Crippen LogP contribution in [-0.2, 0) is 16.1 Å². The number of likely N-dealkylation sites (N-methyl/N-ethyl adjacent to an activating group) is 1. The number of hydrogen-bond acceptors (Lipinski definition) is 4. The van der Waals surface area contributed by atoms with Crippen LogP contribution in [0.25, 0.3) is 0 Å². The Hall–Kier alpha value is -1.92. The number of hydrogen-bond donors (Lipinski definition) is 1. The van der Waals surface area contributed by atoms with Crippen molar-refractivity contribution in [2.45, 2.75) is 31.4 Å². The summed E-state index contributed by atoms with van der Waals surface area (Å²) in [6, 6.07) is 7.08. The molecule has 1 N–H and O–H groups in total. The van der Waals surface area contributed by atoms with Gasteiger partial charge < -0.3 is 14.7 Å². The third-order valence-corrected chi connectivity index (χ3v) is 5.08. The second-order valence-corrected chi connectivity index (χ2v) is 6.81. The first-order chi connectivity index (χ1) is 11.5. The number of nitrogens with zero attached hydrogens (tertiary/aromatic N) is 2. The lowest BCUT2D eigenvalue weighted by Crippen LogP contribution is -2.46. The van der Waals surface area contributed by atoms with Crippen LogP contribution in [-0.4, -0.2) is 65.7 Å². The van der Waals surface area contributed by atoms with Gasteiger partial charge in [-0.1, -0.05) is 12.1 Å². The first-order valence-electron chi connectivity index (χ1n) is 8.40. The molecule has 1 amide bonds. The van der Waals surface area contributed by atoms with Gasteiger partial charge in [0.05, 0.1) is 24.2 Å². The zero-order valence-corrected chi connectivity index (χ0v) is 14.0. The van der Waals surface area contributed by atoms with Crippen molar-refractivity contribution < 1.29 is 19.4 Å². The van der Waals surface area contributed by atoms with E-state index in [1.165, 1.54) is 0 Å². The number of rotatable bonds is 3. The van der Waals surface area contributed by atoms with Gasteiger partial charge in [0.15, 0.2) is 0 Å². The summed E-state index contributed by atoms with van der Waals surface area (Å²) >= 11 is 0. The van der Waals surface area contributed by atoms with Crippen LogP contribution >= 0.6 is 0 Å². The molecule has 1 spiro atoms. The van der Waals surface area contributed by atoms with Crippen molar-refractivity contribution in [3.63, 3.8) is 0 Å². The minimum Gasteiger partial charge on any atom is -0.478 e. The van der Waals surface area contributed by atoms with E-state index in [2.05, 4.69) is 4.90 Å². The van der Waals surface area contributed by atoms with E-state index in [4.69, 9.17) is 9.84 Å². The second-order valence-electron chi connectivity index (χ2n) is 6.81. The van der Waals surface area contributed by atoms with Gasteiger partial charge in [0.25, 0.3) is 0 Å². The Bertz CT molecular complexity index is 623. The van der Waals surface area contributed by atoms with Crippen molar-refractivity contribution in [3.8, 4) is 0 Å². The summed E-state index contributed by atoms with van der Waals surface area (Å²) in [5.74, 6) is -0.737. The van der Waals surface area contributed by atoms with Gasteiger partial charge in [-0.15, -0.1) is 0 Å². The fraction of sp³-hybridized carbons (Fsp3) is 0.556. The lowest BCUT2D eigenvalue weighted by Gasteiger charge is -2.40. The van der Waals surface area contributed by atoms with Crippen molar-refractivity contribution in [1.29, 1.82) is 0 Å². The zero-order chi connectivity index (χ0) is 17.2. The van der Waals surface area contributed by atoms with Crippen LogP contribution in [0.4, 0.5) is 0 Å². The zero-order valence-electron chi connectivity index (χ0n) is 14.0. The SMILES string of the molecule is CN1CCOC2(CCN(Cc3cccc(C(=O)O)c3)CC2)CC1=O. The first-order valence-corrected chi connectivity index (χ1v) is 8.40. The molecule has 2 aliphatic rings. The summed E-state index contributed by atoms with van der Waals surface area (Å²) in [6.45, 7) is 3.70.